The molecule has 1 aliphatic heterocycles. The van der Waals surface area contributed by atoms with Crippen LogP contribution in [-0.4, -0.2) is 64.0 Å². The van der Waals surface area contributed by atoms with Gasteiger partial charge in [0.15, 0.2) is 5.60 Å². The number of amides is 1. The van der Waals surface area contributed by atoms with Gasteiger partial charge in [0.05, 0.1) is 23.0 Å². The minimum absolute atomic E-state index is 0.000577. The van der Waals surface area contributed by atoms with Crippen LogP contribution in [0.15, 0.2) is 17.0 Å². The van der Waals surface area contributed by atoms with Crippen molar-refractivity contribution in [3.8, 4) is 5.75 Å². The van der Waals surface area contributed by atoms with E-state index in [0.717, 1.165) is 0 Å². The quantitative estimate of drug-likeness (QED) is 0.451. The molecule has 0 bridgehead atoms. The molecule has 0 atom stereocenters. The third-order valence-corrected chi connectivity index (χ3v) is 4.96. The van der Waals surface area contributed by atoms with E-state index >= 15 is 0 Å². The van der Waals surface area contributed by atoms with Gasteiger partial charge >= 0.3 is 5.97 Å². The second-order valence-electron chi connectivity index (χ2n) is 5.61. The van der Waals surface area contributed by atoms with Crippen molar-refractivity contribution in [2.75, 3.05) is 26.5 Å². The highest BCUT2D eigenvalue weighted by Crippen LogP contribution is 2.35. The van der Waals surface area contributed by atoms with Crippen LogP contribution in [0.3, 0.4) is 0 Å². The number of carboxylic acids is 1. The number of aliphatic carboxylic acids is 1. The number of ether oxygens (including phenoxy) is 1. The fourth-order valence-corrected chi connectivity index (χ4v) is 3.23. The lowest BCUT2D eigenvalue weighted by Crippen LogP contribution is -2.50. The Morgan fingerprint density at radius 2 is 1.96 bits per heavy atom. The Balaban J connectivity index is 2.33. The predicted molar refractivity (Wildman–Crippen MR) is 89.2 cm³/mol. The van der Waals surface area contributed by atoms with Crippen LogP contribution in [0.5, 0.6) is 5.75 Å². The lowest BCUT2D eigenvalue weighted by atomic mass is 9.91. The third kappa shape index (κ3) is 3.69. The van der Waals surface area contributed by atoms with E-state index in [0.29, 0.717) is 10.6 Å². The van der Waals surface area contributed by atoms with E-state index in [1.807, 2.05) is 0 Å². The summed E-state index contributed by atoms with van der Waals surface area (Å²) in [7, 11) is 1.39. The third-order valence-electron chi connectivity index (χ3n) is 4.20. The molecule has 10 heteroatoms. The van der Waals surface area contributed by atoms with Gasteiger partial charge in [-0.05, 0) is 12.3 Å². The fourth-order valence-electron chi connectivity index (χ4n) is 2.65. The zero-order valence-corrected chi connectivity index (χ0v) is 14.5. The first kappa shape index (κ1) is 19.0. The standard InChI is InChI=1S/C15H18N2O7S/c1-24-11-8-10(17(22)23)9(7-12(11)25-2)13(18)16-5-3-15(21,4-6-16)14(19)20/h7-8,21H,3-6H2,1-2H3,(H,19,20). The fraction of sp³-hybridized carbons (Fsp3) is 0.467. The summed E-state index contributed by atoms with van der Waals surface area (Å²) in [6, 6.07) is 2.61. The second-order valence-corrected chi connectivity index (χ2v) is 6.46. The summed E-state index contributed by atoms with van der Waals surface area (Å²) in [5.74, 6) is -1.61. The minimum Gasteiger partial charge on any atom is -0.495 e. The lowest BCUT2D eigenvalue weighted by molar-refractivity contribution is -0.385. The molecule has 0 unspecified atom stereocenters. The maximum Gasteiger partial charge on any atom is 0.335 e. The Morgan fingerprint density at radius 1 is 1.36 bits per heavy atom. The molecule has 0 spiro atoms. The Bertz CT molecular complexity index is 714. The van der Waals surface area contributed by atoms with Crippen LogP contribution in [-0.2, 0) is 4.79 Å². The molecule has 0 aliphatic carbocycles. The van der Waals surface area contributed by atoms with Gasteiger partial charge in [0, 0.05) is 25.9 Å². The Labute approximate surface area is 147 Å². The summed E-state index contributed by atoms with van der Waals surface area (Å²) in [6.45, 7) is -0.00115. The number of carboxylic acid groups (broad SMARTS) is 1. The summed E-state index contributed by atoms with van der Waals surface area (Å²) < 4.78 is 5.11. The van der Waals surface area contributed by atoms with E-state index in [1.165, 1.54) is 35.9 Å². The molecule has 1 fully saturated rings. The second kappa shape index (κ2) is 7.28. The number of hydrogen-bond donors (Lipinski definition) is 2. The molecule has 2 N–H and O–H groups in total. The molecule has 9 nitrogen and oxygen atoms in total. The topological polar surface area (TPSA) is 130 Å². The molecular formula is C15H18N2O7S. The van der Waals surface area contributed by atoms with E-state index < -0.39 is 22.4 Å². The van der Waals surface area contributed by atoms with Crippen LogP contribution >= 0.6 is 11.8 Å². The molecule has 0 saturated carbocycles. The highest BCUT2D eigenvalue weighted by atomic mass is 32.2. The zero-order valence-electron chi connectivity index (χ0n) is 13.7. The average Bonchev–Trinajstić information content (AvgIpc) is 2.60. The number of hydrogen-bond acceptors (Lipinski definition) is 7. The van der Waals surface area contributed by atoms with Gasteiger partial charge in [-0.15, -0.1) is 11.8 Å². The largest absolute Gasteiger partial charge is 0.495 e. The molecule has 1 heterocycles. The minimum atomic E-state index is -1.87. The van der Waals surface area contributed by atoms with Crippen molar-refractivity contribution in [2.45, 2.75) is 23.3 Å². The molecule has 1 saturated heterocycles. The van der Waals surface area contributed by atoms with Gasteiger partial charge in [0.1, 0.15) is 11.3 Å². The number of piperidine rings is 1. The van der Waals surface area contributed by atoms with Gasteiger partial charge < -0.3 is 19.8 Å². The van der Waals surface area contributed by atoms with Crippen molar-refractivity contribution in [3.63, 3.8) is 0 Å². The number of carbonyl (C=O) groups excluding carboxylic acids is 1. The maximum atomic E-state index is 12.7. The van der Waals surface area contributed by atoms with Crippen LogP contribution in [0.1, 0.15) is 23.2 Å². The molecular weight excluding hydrogens is 352 g/mol. The number of nitro benzene ring substituents is 1. The molecule has 1 aliphatic rings. The first-order valence-electron chi connectivity index (χ1n) is 7.39. The molecule has 0 aromatic heterocycles. The number of likely N-dealkylation sites (tertiary alicyclic amines) is 1. The van der Waals surface area contributed by atoms with Crippen LogP contribution in [0, 0.1) is 10.1 Å². The van der Waals surface area contributed by atoms with Crippen LogP contribution in [0.25, 0.3) is 0 Å². The van der Waals surface area contributed by atoms with E-state index in [2.05, 4.69) is 0 Å². The van der Waals surface area contributed by atoms with Crippen molar-refractivity contribution in [1.29, 1.82) is 0 Å². The molecule has 2 rings (SSSR count). The van der Waals surface area contributed by atoms with Crippen LogP contribution < -0.4 is 4.74 Å². The SMILES string of the molecule is COc1cc([N+](=O)[O-])c(C(=O)N2CCC(O)(C(=O)O)CC2)cc1SC. The lowest BCUT2D eigenvalue weighted by Gasteiger charge is -2.35. The smallest absolute Gasteiger partial charge is 0.335 e. The van der Waals surface area contributed by atoms with E-state index in [4.69, 9.17) is 9.84 Å². The van der Waals surface area contributed by atoms with E-state index in [1.54, 1.807) is 6.26 Å². The summed E-state index contributed by atoms with van der Waals surface area (Å²) in [6.07, 6.45) is 1.49. The van der Waals surface area contributed by atoms with Crippen LogP contribution in [0.4, 0.5) is 5.69 Å². The summed E-state index contributed by atoms with van der Waals surface area (Å²) in [5, 5.41) is 30.3. The summed E-state index contributed by atoms with van der Waals surface area (Å²) in [5.41, 5.74) is -2.33. The predicted octanol–water partition coefficient (Wildman–Crippen LogP) is 1.38. The van der Waals surface area contributed by atoms with Crippen molar-refractivity contribution in [1.82, 2.24) is 4.90 Å². The number of benzene rings is 1. The molecule has 1 aromatic rings. The van der Waals surface area contributed by atoms with Crippen molar-refractivity contribution < 1.29 is 29.5 Å². The van der Waals surface area contributed by atoms with Crippen molar-refractivity contribution in [2.24, 2.45) is 0 Å². The Morgan fingerprint density at radius 3 is 2.40 bits per heavy atom. The van der Waals surface area contributed by atoms with Gasteiger partial charge in [0.2, 0.25) is 0 Å². The Kier molecular flexibility index (Phi) is 5.53. The first-order valence-corrected chi connectivity index (χ1v) is 8.61. The normalized spacial score (nSPS) is 16.4. The summed E-state index contributed by atoms with van der Waals surface area (Å²) >= 11 is 1.29. The number of methoxy groups -OCH3 is 1. The van der Waals surface area contributed by atoms with Gasteiger partial charge in [0.25, 0.3) is 11.6 Å². The van der Waals surface area contributed by atoms with Gasteiger partial charge in [-0.25, -0.2) is 4.79 Å². The van der Waals surface area contributed by atoms with E-state index in [9.17, 15) is 24.8 Å². The van der Waals surface area contributed by atoms with Gasteiger partial charge in [-0.1, -0.05) is 0 Å². The molecule has 1 amide bonds. The zero-order chi connectivity index (χ0) is 18.8. The van der Waals surface area contributed by atoms with Gasteiger partial charge in [-0.3, -0.25) is 14.9 Å². The maximum absolute atomic E-state index is 12.7. The molecule has 0 radical (unpaired) electrons. The highest BCUT2D eigenvalue weighted by molar-refractivity contribution is 7.98. The monoisotopic (exact) mass is 370 g/mol. The Hall–Kier alpha value is -2.33. The number of nitro groups is 1. The molecule has 136 valence electrons. The summed E-state index contributed by atoms with van der Waals surface area (Å²) in [4.78, 5) is 36.3. The average molecular weight is 370 g/mol. The van der Waals surface area contributed by atoms with Crippen molar-refractivity contribution >= 4 is 29.3 Å². The highest BCUT2D eigenvalue weighted by Gasteiger charge is 2.41. The number of nitrogens with zero attached hydrogens (tertiary/aromatic N) is 2. The van der Waals surface area contributed by atoms with Gasteiger partial charge in [-0.2, -0.15) is 0 Å². The number of rotatable bonds is 5. The molecule has 1 aromatic carbocycles. The van der Waals surface area contributed by atoms with Crippen molar-refractivity contribution in [3.05, 3.63) is 27.8 Å². The first-order chi connectivity index (χ1) is 11.7. The number of thioether (sulfide) groups is 1. The number of aliphatic hydroxyl groups is 1. The number of carbonyl (C=O) groups is 2. The molecule has 25 heavy (non-hydrogen) atoms. The van der Waals surface area contributed by atoms with Crippen LogP contribution in [0.2, 0.25) is 0 Å². The van der Waals surface area contributed by atoms with E-state index in [-0.39, 0.29) is 37.2 Å².